The number of hydrogen-bond acceptors (Lipinski definition) is 2. The minimum atomic E-state index is 0. The third-order valence-electron chi connectivity index (χ3n) is 4.89. The molecule has 3 rings (SSSR count). The van der Waals surface area contributed by atoms with Crippen molar-refractivity contribution in [1.82, 2.24) is 5.32 Å². The van der Waals surface area contributed by atoms with E-state index in [0.29, 0.717) is 18.3 Å². The Kier molecular flexibility index (Phi) is 5.65. The molecule has 116 valence electrons. The Bertz CT molecular complexity index is 466. The minimum absolute atomic E-state index is 0. The molecule has 0 aliphatic heterocycles. The molecule has 3 N–H and O–H groups in total. The molecule has 0 bridgehead atoms. The smallest absolute Gasteiger partial charge is 0.220 e. The first-order valence-electron chi connectivity index (χ1n) is 7.81. The Morgan fingerprint density at radius 3 is 2.43 bits per heavy atom. The van der Waals surface area contributed by atoms with Crippen LogP contribution in [0.15, 0.2) is 24.3 Å². The third kappa shape index (κ3) is 3.98. The summed E-state index contributed by atoms with van der Waals surface area (Å²) in [6.45, 7) is 0.801. The van der Waals surface area contributed by atoms with Crippen LogP contribution >= 0.6 is 12.4 Å². The summed E-state index contributed by atoms with van der Waals surface area (Å²) in [5.41, 5.74) is 8.92. The summed E-state index contributed by atoms with van der Waals surface area (Å²) in [5.74, 6) is 1.15. The molecule has 21 heavy (non-hydrogen) atoms. The van der Waals surface area contributed by atoms with E-state index in [1.54, 1.807) is 0 Å². The van der Waals surface area contributed by atoms with Crippen molar-refractivity contribution in [3.05, 3.63) is 35.4 Å². The quantitative estimate of drug-likeness (QED) is 0.897. The lowest BCUT2D eigenvalue weighted by molar-refractivity contribution is -0.122. The Morgan fingerprint density at radius 1 is 1.19 bits per heavy atom. The molecule has 3 nitrogen and oxygen atoms in total. The Hall–Kier alpha value is -1.06. The van der Waals surface area contributed by atoms with Crippen LogP contribution in [-0.4, -0.2) is 18.5 Å². The summed E-state index contributed by atoms with van der Waals surface area (Å²) in [6.07, 6.45) is 6.18. The van der Waals surface area contributed by atoms with Crippen molar-refractivity contribution in [3.8, 4) is 0 Å². The third-order valence-corrected chi connectivity index (χ3v) is 4.89. The molecule has 0 saturated heterocycles. The number of nitrogens with two attached hydrogens (primary N) is 1. The number of benzene rings is 1. The maximum atomic E-state index is 12.0. The molecule has 0 radical (unpaired) electrons. The van der Waals surface area contributed by atoms with E-state index in [-0.39, 0.29) is 24.4 Å². The zero-order valence-electron chi connectivity index (χ0n) is 12.4. The van der Waals surface area contributed by atoms with Crippen LogP contribution in [0.25, 0.3) is 0 Å². The Balaban J connectivity index is 0.00000161. The summed E-state index contributed by atoms with van der Waals surface area (Å²) in [7, 11) is 0. The van der Waals surface area contributed by atoms with Crippen LogP contribution in [0.2, 0.25) is 0 Å². The number of rotatable bonds is 4. The lowest BCUT2D eigenvalue weighted by Gasteiger charge is -2.16. The maximum absolute atomic E-state index is 12.0. The predicted molar refractivity (Wildman–Crippen MR) is 87.5 cm³/mol. The van der Waals surface area contributed by atoms with Crippen LogP contribution in [0.3, 0.4) is 0 Å². The highest BCUT2D eigenvalue weighted by Gasteiger charge is 2.27. The van der Waals surface area contributed by atoms with Crippen molar-refractivity contribution in [3.63, 3.8) is 0 Å². The van der Waals surface area contributed by atoms with Crippen molar-refractivity contribution < 1.29 is 4.79 Å². The summed E-state index contributed by atoms with van der Waals surface area (Å²) in [4.78, 5) is 12.0. The summed E-state index contributed by atoms with van der Waals surface area (Å²) in [5, 5.41) is 3.11. The molecule has 1 saturated carbocycles. The molecule has 2 aliphatic rings. The average molecular weight is 309 g/mol. The van der Waals surface area contributed by atoms with Crippen LogP contribution in [0, 0.1) is 11.8 Å². The molecular weight excluding hydrogens is 284 g/mol. The number of nitrogens with one attached hydrogen (secondary N) is 1. The van der Waals surface area contributed by atoms with Crippen molar-refractivity contribution in [2.75, 3.05) is 6.54 Å². The average Bonchev–Trinajstić information content (AvgIpc) is 3.03. The van der Waals surface area contributed by atoms with Gasteiger partial charge in [-0.15, -0.1) is 12.4 Å². The SMILES string of the molecule is Cl.N[C@@H]1CCC[C@H]1CC(=O)NCC1Cc2ccccc2C1. The predicted octanol–water partition coefficient (Wildman–Crippen LogP) is 2.46. The first-order valence-corrected chi connectivity index (χ1v) is 7.81. The molecule has 2 aliphatic carbocycles. The van der Waals surface area contributed by atoms with Gasteiger partial charge in [0.2, 0.25) is 5.91 Å². The lowest BCUT2D eigenvalue weighted by Crippen LogP contribution is -2.34. The summed E-state index contributed by atoms with van der Waals surface area (Å²) in [6, 6.07) is 8.84. The van der Waals surface area contributed by atoms with Gasteiger partial charge in [-0.2, -0.15) is 0 Å². The van der Waals surface area contributed by atoms with Gasteiger partial charge < -0.3 is 11.1 Å². The normalized spacial score (nSPS) is 24.4. The number of carbonyl (C=O) groups excluding carboxylic acids is 1. The highest BCUT2D eigenvalue weighted by atomic mass is 35.5. The van der Waals surface area contributed by atoms with Gasteiger partial charge in [0.25, 0.3) is 0 Å². The molecule has 0 aromatic heterocycles. The molecule has 0 unspecified atom stereocenters. The molecule has 1 aromatic rings. The molecule has 4 heteroatoms. The molecule has 0 heterocycles. The van der Waals surface area contributed by atoms with Gasteiger partial charge in [0, 0.05) is 19.0 Å². The fourth-order valence-electron chi connectivity index (χ4n) is 3.68. The standard InChI is InChI=1S/C17H24N2O.ClH/c18-16-7-3-6-15(16)10-17(20)19-11-12-8-13-4-1-2-5-14(13)9-12;/h1-2,4-5,12,15-16H,3,6-11,18H2,(H,19,20);1H/t15-,16+;/m0./s1. The van der Waals surface area contributed by atoms with Gasteiger partial charge in [0.15, 0.2) is 0 Å². The van der Waals surface area contributed by atoms with Crippen LogP contribution in [-0.2, 0) is 17.6 Å². The fraction of sp³-hybridized carbons (Fsp3) is 0.588. The van der Waals surface area contributed by atoms with E-state index in [0.717, 1.165) is 32.2 Å². The number of carbonyl (C=O) groups is 1. The maximum Gasteiger partial charge on any atom is 0.220 e. The van der Waals surface area contributed by atoms with Crippen LogP contribution in [0.4, 0.5) is 0 Å². The van der Waals surface area contributed by atoms with Crippen molar-refractivity contribution in [2.24, 2.45) is 17.6 Å². The zero-order chi connectivity index (χ0) is 13.9. The van der Waals surface area contributed by atoms with Gasteiger partial charge in [-0.3, -0.25) is 4.79 Å². The van der Waals surface area contributed by atoms with E-state index >= 15 is 0 Å². The summed E-state index contributed by atoms with van der Waals surface area (Å²) >= 11 is 0. The van der Waals surface area contributed by atoms with Gasteiger partial charge >= 0.3 is 0 Å². The number of hydrogen-bond donors (Lipinski definition) is 2. The van der Waals surface area contributed by atoms with Crippen molar-refractivity contribution >= 4 is 18.3 Å². The first-order chi connectivity index (χ1) is 9.72. The molecule has 0 spiro atoms. The van der Waals surface area contributed by atoms with E-state index in [1.165, 1.54) is 17.5 Å². The van der Waals surface area contributed by atoms with Gasteiger partial charge in [0.1, 0.15) is 0 Å². The second-order valence-electron chi connectivity index (χ2n) is 6.41. The van der Waals surface area contributed by atoms with E-state index in [2.05, 4.69) is 29.6 Å². The van der Waals surface area contributed by atoms with Crippen LogP contribution in [0.5, 0.6) is 0 Å². The van der Waals surface area contributed by atoms with Crippen LogP contribution < -0.4 is 11.1 Å². The van der Waals surface area contributed by atoms with E-state index < -0.39 is 0 Å². The second kappa shape index (κ2) is 7.28. The van der Waals surface area contributed by atoms with Gasteiger partial charge in [-0.1, -0.05) is 30.7 Å². The van der Waals surface area contributed by atoms with Crippen LogP contribution in [0.1, 0.15) is 36.8 Å². The van der Waals surface area contributed by atoms with E-state index in [1.807, 2.05) is 0 Å². The number of halogens is 1. The molecule has 2 atom stereocenters. The highest BCUT2D eigenvalue weighted by molar-refractivity contribution is 5.85. The topological polar surface area (TPSA) is 55.1 Å². The summed E-state index contributed by atoms with van der Waals surface area (Å²) < 4.78 is 0. The zero-order valence-corrected chi connectivity index (χ0v) is 13.2. The largest absolute Gasteiger partial charge is 0.356 e. The number of fused-ring (bicyclic) bond motifs is 1. The van der Waals surface area contributed by atoms with Gasteiger partial charge in [-0.05, 0) is 48.6 Å². The van der Waals surface area contributed by atoms with E-state index in [9.17, 15) is 4.79 Å². The molecular formula is C17H25ClN2O. The first kappa shape index (κ1) is 16.3. The molecule has 1 fully saturated rings. The Morgan fingerprint density at radius 2 is 1.86 bits per heavy atom. The molecule has 1 amide bonds. The monoisotopic (exact) mass is 308 g/mol. The number of amides is 1. The lowest BCUT2D eigenvalue weighted by atomic mass is 9.99. The Labute approximate surface area is 133 Å². The molecule has 1 aromatic carbocycles. The van der Waals surface area contributed by atoms with Gasteiger partial charge in [-0.25, -0.2) is 0 Å². The van der Waals surface area contributed by atoms with Crippen molar-refractivity contribution in [2.45, 2.75) is 44.6 Å². The minimum Gasteiger partial charge on any atom is -0.356 e. The second-order valence-corrected chi connectivity index (χ2v) is 6.41. The fourth-order valence-corrected chi connectivity index (χ4v) is 3.68. The van der Waals surface area contributed by atoms with Crippen molar-refractivity contribution in [1.29, 1.82) is 0 Å². The highest BCUT2D eigenvalue weighted by Crippen LogP contribution is 2.27. The van der Waals surface area contributed by atoms with E-state index in [4.69, 9.17) is 5.73 Å². The van der Waals surface area contributed by atoms with Gasteiger partial charge in [0.05, 0.1) is 0 Å².